The van der Waals surface area contributed by atoms with Crippen LogP contribution in [0, 0.1) is 11.3 Å². The average Bonchev–Trinajstić information content (AvgIpc) is 2.73. The van der Waals surface area contributed by atoms with E-state index in [4.69, 9.17) is 0 Å². The Morgan fingerprint density at radius 3 is 2.10 bits per heavy atom. The number of nitrogens with one attached hydrogen (secondary N) is 1. The Morgan fingerprint density at radius 1 is 0.952 bits per heavy atom. The number of aliphatic carboxylic acids is 1. The summed E-state index contributed by atoms with van der Waals surface area (Å²) in [6.07, 6.45) is 11.8. The van der Waals surface area contributed by atoms with Gasteiger partial charge in [0.1, 0.15) is 0 Å². The molecule has 0 heterocycles. The van der Waals surface area contributed by atoms with Crippen LogP contribution in [-0.4, -0.2) is 23.5 Å². The molecule has 0 saturated heterocycles. The molecule has 2 N–H and O–H groups in total. The van der Waals surface area contributed by atoms with E-state index in [-0.39, 0.29) is 12.3 Å². The van der Waals surface area contributed by atoms with Gasteiger partial charge >= 0.3 is 5.97 Å². The third-order valence-electron chi connectivity index (χ3n) is 5.33. The highest BCUT2D eigenvalue weighted by molar-refractivity contribution is 5.85. The van der Waals surface area contributed by atoms with Gasteiger partial charge in [-0.25, -0.2) is 0 Å². The molecule has 4 nitrogen and oxygen atoms in total. The Kier molecular flexibility index (Phi) is 6.07. The second-order valence-corrected chi connectivity index (χ2v) is 6.98. The van der Waals surface area contributed by atoms with Gasteiger partial charge in [-0.1, -0.05) is 44.9 Å². The number of rotatable bonds is 5. The van der Waals surface area contributed by atoms with Crippen molar-refractivity contribution in [2.75, 3.05) is 6.54 Å². The molecule has 0 aromatic heterocycles. The molecule has 0 radical (unpaired) electrons. The fourth-order valence-corrected chi connectivity index (χ4v) is 3.89. The molecule has 0 aliphatic heterocycles. The minimum absolute atomic E-state index is 0.0649. The van der Waals surface area contributed by atoms with Gasteiger partial charge in [0.2, 0.25) is 5.91 Å². The Bertz CT molecular complexity index is 353. The Balaban J connectivity index is 1.84. The smallest absolute Gasteiger partial charge is 0.310 e. The van der Waals surface area contributed by atoms with Crippen LogP contribution < -0.4 is 5.32 Å². The zero-order chi connectivity index (χ0) is 15.1. The van der Waals surface area contributed by atoms with Crippen molar-refractivity contribution in [3.05, 3.63) is 0 Å². The number of hydrogen-bond donors (Lipinski definition) is 2. The second-order valence-electron chi connectivity index (χ2n) is 6.98. The SMILES string of the molecule is O=C(CC1(C(=O)O)CCCCCC1)NCC1CCCCC1. The number of carboxylic acid groups (broad SMARTS) is 1. The van der Waals surface area contributed by atoms with Gasteiger partial charge in [0, 0.05) is 13.0 Å². The highest BCUT2D eigenvalue weighted by Gasteiger charge is 2.40. The van der Waals surface area contributed by atoms with Crippen molar-refractivity contribution in [1.29, 1.82) is 0 Å². The van der Waals surface area contributed by atoms with Gasteiger partial charge in [-0.05, 0) is 31.6 Å². The molecule has 0 aromatic rings. The Morgan fingerprint density at radius 2 is 1.52 bits per heavy atom. The Hall–Kier alpha value is -1.06. The molecule has 0 aromatic carbocycles. The topological polar surface area (TPSA) is 66.4 Å². The molecule has 0 bridgehead atoms. The normalized spacial score (nSPS) is 23.2. The van der Waals surface area contributed by atoms with E-state index in [1.54, 1.807) is 0 Å². The van der Waals surface area contributed by atoms with Crippen LogP contribution in [0.2, 0.25) is 0 Å². The average molecular weight is 295 g/mol. The molecule has 21 heavy (non-hydrogen) atoms. The van der Waals surface area contributed by atoms with Crippen LogP contribution in [-0.2, 0) is 9.59 Å². The number of carbonyl (C=O) groups excluding carboxylic acids is 1. The summed E-state index contributed by atoms with van der Waals surface area (Å²) < 4.78 is 0. The summed E-state index contributed by atoms with van der Waals surface area (Å²) in [7, 11) is 0. The minimum Gasteiger partial charge on any atom is -0.481 e. The number of amides is 1. The predicted molar refractivity (Wildman–Crippen MR) is 82.0 cm³/mol. The number of hydrogen-bond acceptors (Lipinski definition) is 2. The molecular formula is C17H29NO3. The summed E-state index contributed by atoms with van der Waals surface area (Å²) >= 11 is 0. The summed E-state index contributed by atoms with van der Waals surface area (Å²) in [4.78, 5) is 23.9. The van der Waals surface area contributed by atoms with Gasteiger partial charge in [0.15, 0.2) is 0 Å². The van der Waals surface area contributed by atoms with Crippen molar-refractivity contribution in [1.82, 2.24) is 5.32 Å². The van der Waals surface area contributed by atoms with Crippen LogP contribution in [0.4, 0.5) is 0 Å². The largest absolute Gasteiger partial charge is 0.481 e. The molecular weight excluding hydrogens is 266 g/mol. The second kappa shape index (κ2) is 7.81. The molecule has 0 atom stereocenters. The lowest BCUT2D eigenvalue weighted by molar-refractivity contribution is -0.152. The van der Waals surface area contributed by atoms with Gasteiger partial charge in [-0.3, -0.25) is 9.59 Å². The van der Waals surface area contributed by atoms with Crippen LogP contribution in [0.3, 0.4) is 0 Å². The van der Waals surface area contributed by atoms with Crippen LogP contribution in [0.25, 0.3) is 0 Å². The molecule has 2 saturated carbocycles. The van der Waals surface area contributed by atoms with Gasteiger partial charge < -0.3 is 10.4 Å². The minimum atomic E-state index is -0.812. The van der Waals surface area contributed by atoms with Crippen LogP contribution in [0.5, 0.6) is 0 Å². The maximum atomic E-state index is 12.2. The molecule has 0 spiro atoms. The molecule has 2 fully saturated rings. The summed E-state index contributed by atoms with van der Waals surface area (Å²) in [6.45, 7) is 0.731. The number of carbonyl (C=O) groups is 2. The Labute approximate surface area is 127 Å². The van der Waals surface area contributed by atoms with Crippen molar-refractivity contribution in [3.63, 3.8) is 0 Å². The molecule has 4 heteroatoms. The van der Waals surface area contributed by atoms with E-state index in [1.807, 2.05) is 0 Å². The fraction of sp³-hybridized carbons (Fsp3) is 0.882. The van der Waals surface area contributed by atoms with E-state index in [0.717, 1.165) is 32.2 Å². The predicted octanol–water partition coefficient (Wildman–Crippen LogP) is 3.50. The van der Waals surface area contributed by atoms with Crippen molar-refractivity contribution in [2.45, 2.75) is 77.0 Å². The first-order valence-corrected chi connectivity index (χ1v) is 8.62. The summed E-state index contributed by atoms with van der Waals surface area (Å²) in [5.41, 5.74) is -0.812. The fourth-order valence-electron chi connectivity index (χ4n) is 3.89. The van der Waals surface area contributed by atoms with Gasteiger partial charge in [0.05, 0.1) is 5.41 Å². The van der Waals surface area contributed by atoms with Crippen molar-refractivity contribution >= 4 is 11.9 Å². The summed E-state index contributed by atoms with van der Waals surface area (Å²) in [6, 6.07) is 0. The van der Waals surface area contributed by atoms with Crippen LogP contribution in [0.15, 0.2) is 0 Å². The highest BCUT2D eigenvalue weighted by atomic mass is 16.4. The molecule has 2 aliphatic carbocycles. The van der Waals surface area contributed by atoms with Crippen molar-refractivity contribution in [3.8, 4) is 0 Å². The highest BCUT2D eigenvalue weighted by Crippen LogP contribution is 2.38. The first-order valence-electron chi connectivity index (χ1n) is 8.62. The van der Waals surface area contributed by atoms with Crippen molar-refractivity contribution in [2.24, 2.45) is 11.3 Å². The lowest BCUT2D eigenvalue weighted by atomic mass is 9.77. The van der Waals surface area contributed by atoms with E-state index >= 15 is 0 Å². The van der Waals surface area contributed by atoms with E-state index in [0.29, 0.717) is 18.8 Å². The van der Waals surface area contributed by atoms with Crippen LogP contribution >= 0.6 is 0 Å². The molecule has 2 aliphatic rings. The summed E-state index contributed by atoms with van der Waals surface area (Å²) in [5.74, 6) is -0.250. The zero-order valence-corrected chi connectivity index (χ0v) is 13.0. The standard InChI is InChI=1S/C17H29NO3/c19-15(18-13-14-8-4-3-5-9-14)12-17(16(20)21)10-6-1-2-7-11-17/h14H,1-13H2,(H,18,19)(H,20,21). The maximum absolute atomic E-state index is 12.2. The lowest BCUT2D eigenvalue weighted by Gasteiger charge is -2.28. The third kappa shape index (κ3) is 4.72. The molecule has 120 valence electrons. The summed E-state index contributed by atoms with van der Waals surface area (Å²) in [5, 5.41) is 12.6. The maximum Gasteiger partial charge on any atom is 0.310 e. The van der Waals surface area contributed by atoms with E-state index < -0.39 is 11.4 Å². The van der Waals surface area contributed by atoms with E-state index in [2.05, 4.69) is 5.32 Å². The zero-order valence-electron chi connectivity index (χ0n) is 13.0. The molecule has 1 amide bonds. The molecule has 2 rings (SSSR count). The van der Waals surface area contributed by atoms with Gasteiger partial charge in [-0.15, -0.1) is 0 Å². The number of carboxylic acids is 1. The first-order chi connectivity index (χ1) is 10.1. The monoisotopic (exact) mass is 295 g/mol. The van der Waals surface area contributed by atoms with E-state index in [9.17, 15) is 14.7 Å². The first kappa shape index (κ1) is 16.3. The van der Waals surface area contributed by atoms with Gasteiger partial charge in [-0.2, -0.15) is 0 Å². The van der Waals surface area contributed by atoms with E-state index in [1.165, 1.54) is 32.1 Å². The van der Waals surface area contributed by atoms with Crippen LogP contribution in [0.1, 0.15) is 77.0 Å². The molecule has 0 unspecified atom stereocenters. The quantitative estimate of drug-likeness (QED) is 0.763. The van der Waals surface area contributed by atoms with Gasteiger partial charge in [0.25, 0.3) is 0 Å². The third-order valence-corrected chi connectivity index (χ3v) is 5.33. The lowest BCUT2D eigenvalue weighted by Crippen LogP contribution is -2.39. The van der Waals surface area contributed by atoms with Crippen molar-refractivity contribution < 1.29 is 14.7 Å².